The number of rotatable bonds is 9. The Labute approximate surface area is 190 Å². The lowest BCUT2D eigenvalue weighted by atomic mass is 10.2. The van der Waals surface area contributed by atoms with Crippen LogP contribution in [0.5, 0.6) is 0 Å². The van der Waals surface area contributed by atoms with Crippen LogP contribution in [0.4, 0.5) is 5.69 Å². The predicted octanol–water partition coefficient (Wildman–Crippen LogP) is 5.12. The van der Waals surface area contributed by atoms with E-state index < -0.39 is 10.0 Å². The normalized spacial score (nSPS) is 11.1. The number of sulfonamides is 1. The van der Waals surface area contributed by atoms with Crippen molar-refractivity contribution in [2.24, 2.45) is 0 Å². The number of hydrogen-bond donors (Lipinski definition) is 0. The lowest BCUT2D eigenvalue weighted by Gasteiger charge is -2.25. The number of likely N-dealkylation sites (N-methyl/N-ethyl adjacent to an activating group) is 1. The summed E-state index contributed by atoms with van der Waals surface area (Å²) in [6, 6.07) is 24.7. The largest absolute Gasteiger partial charge is 0.335 e. The van der Waals surface area contributed by atoms with E-state index in [-0.39, 0.29) is 17.3 Å². The van der Waals surface area contributed by atoms with Crippen LogP contribution in [0.15, 0.2) is 102 Å². The van der Waals surface area contributed by atoms with Gasteiger partial charge in [-0.15, -0.1) is 0 Å². The van der Waals surface area contributed by atoms with Crippen LogP contribution in [-0.2, 0) is 16.6 Å². The standard InChI is InChI=1S/C26H28N2O3S/c1-4-27(19-21(2)3)26(29)23-14-11-17-25(18-23)32(30,31)28(24-15-9-6-10-16-24)20-22-12-7-5-8-13-22/h5-18H,2,4,19-20H2,1,3H3. The van der Waals surface area contributed by atoms with Crippen LogP contribution < -0.4 is 4.31 Å². The smallest absolute Gasteiger partial charge is 0.264 e. The van der Waals surface area contributed by atoms with Gasteiger partial charge in [0.1, 0.15) is 0 Å². The Morgan fingerprint density at radius 2 is 1.53 bits per heavy atom. The zero-order chi connectivity index (χ0) is 23.1. The molecule has 0 radical (unpaired) electrons. The lowest BCUT2D eigenvalue weighted by Crippen LogP contribution is -2.33. The minimum absolute atomic E-state index is 0.0783. The summed E-state index contributed by atoms with van der Waals surface area (Å²) in [6.45, 7) is 8.74. The lowest BCUT2D eigenvalue weighted by molar-refractivity contribution is 0.0778. The van der Waals surface area contributed by atoms with Crippen molar-refractivity contribution in [2.75, 3.05) is 17.4 Å². The molecule has 0 spiro atoms. The number of carbonyl (C=O) groups is 1. The van der Waals surface area contributed by atoms with Gasteiger partial charge in [0.05, 0.1) is 17.1 Å². The van der Waals surface area contributed by atoms with Crippen LogP contribution in [0.25, 0.3) is 0 Å². The van der Waals surface area contributed by atoms with E-state index in [0.717, 1.165) is 11.1 Å². The minimum Gasteiger partial charge on any atom is -0.335 e. The molecule has 0 aromatic heterocycles. The quantitative estimate of drug-likeness (QED) is 0.427. The van der Waals surface area contributed by atoms with E-state index in [2.05, 4.69) is 6.58 Å². The Hall–Kier alpha value is -3.38. The van der Waals surface area contributed by atoms with Crippen LogP contribution in [0.2, 0.25) is 0 Å². The molecule has 3 aromatic carbocycles. The number of para-hydroxylation sites is 1. The second-order valence-corrected chi connectivity index (χ2v) is 9.50. The van der Waals surface area contributed by atoms with Crippen molar-refractivity contribution in [3.8, 4) is 0 Å². The third-order valence-corrected chi connectivity index (χ3v) is 6.78. The van der Waals surface area contributed by atoms with Crippen molar-refractivity contribution >= 4 is 21.6 Å². The highest BCUT2D eigenvalue weighted by atomic mass is 32.2. The van der Waals surface area contributed by atoms with E-state index in [0.29, 0.717) is 24.3 Å². The third-order valence-electron chi connectivity index (χ3n) is 5.01. The van der Waals surface area contributed by atoms with Crippen molar-refractivity contribution in [1.29, 1.82) is 0 Å². The van der Waals surface area contributed by atoms with E-state index in [1.165, 1.54) is 16.4 Å². The molecule has 6 heteroatoms. The molecular weight excluding hydrogens is 420 g/mol. The molecule has 0 aliphatic rings. The van der Waals surface area contributed by atoms with Crippen molar-refractivity contribution < 1.29 is 13.2 Å². The molecule has 32 heavy (non-hydrogen) atoms. The van der Waals surface area contributed by atoms with Gasteiger partial charge < -0.3 is 4.90 Å². The van der Waals surface area contributed by atoms with Crippen LogP contribution in [0.1, 0.15) is 29.8 Å². The SMILES string of the molecule is C=C(C)CN(CC)C(=O)c1cccc(S(=O)(=O)N(Cc2ccccc2)c2ccccc2)c1. The number of amides is 1. The Morgan fingerprint density at radius 1 is 0.906 bits per heavy atom. The molecular formula is C26H28N2O3S. The maximum atomic E-state index is 13.7. The molecule has 3 rings (SSSR count). The first kappa shape index (κ1) is 23.3. The third kappa shape index (κ3) is 5.45. The van der Waals surface area contributed by atoms with Gasteiger partial charge in [0.25, 0.3) is 15.9 Å². The number of carbonyl (C=O) groups excluding carboxylic acids is 1. The number of anilines is 1. The van der Waals surface area contributed by atoms with Gasteiger partial charge in [-0.2, -0.15) is 0 Å². The van der Waals surface area contributed by atoms with E-state index in [1.54, 1.807) is 41.3 Å². The summed E-state index contributed by atoms with van der Waals surface area (Å²) in [5.41, 5.74) is 2.63. The Bertz CT molecular complexity index is 1180. The number of benzene rings is 3. The highest BCUT2D eigenvalue weighted by Gasteiger charge is 2.26. The van der Waals surface area contributed by atoms with Crippen molar-refractivity contribution in [3.63, 3.8) is 0 Å². The molecule has 0 saturated carbocycles. The highest BCUT2D eigenvalue weighted by molar-refractivity contribution is 7.92. The monoisotopic (exact) mass is 448 g/mol. The summed E-state index contributed by atoms with van der Waals surface area (Å²) in [5.74, 6) is -0.220. The van der Waals surface area contributed by atoms with Gasteiger partial charge in [-0.3, -0.25) is 9.10 Å². The molecule has 0 N–H and O–H groups in total. The second-order valence-electron chi connectivity index (χ2n) is 7.64. The molecule has 0 heterocycles. The molecule has 0 saturated heterocycles. The topological polar surface area (TPSA) is 57.7 Å². The maximum absolute atomic E-state index is 13.7. The van der Waals surface area contributed by atoms with Gasteiger partial charge in [-0.25, -0.2) is 8.42 Å². The first-order chi connectivity index (χ1) is 15.3. The Balaban J connectivity index is 2.01. The molecule has 0 unspecified atom stereocenters. The highest BCUT2D eigenvalue weighted by Crippen LogP contribution is 2.26. The van der Waals surface area contributed by atoms with Gasteiger partial charge >= 0.3 is 0 Å². The van der Waals surface area contributed by atoms with Gasteiger partial charge in [0, 0.05) is 18.7 Å². The molecule has 0 aliphatic carbocycles. The van der Waals surface area contributed by atoms with Gasteiger partial charge in [0.15, 0.2) is 0 Å². The Kier molecular flexibility index (Phi) is 7.49. The summed E-state index contributed by atoms with van der Waals surface area (Å²) in [4.78, 5) is 14.7. The summed E-state index contributed by atoms with van der Waals surface area (Å²) < 4.78 is 28.8. The number of nitrogens with zero attached hydrogens (tertiary/aromatic N) is 2. The average Bonchev–Trinajstić information content (AvgIpc) is 2.81. The van der Waals surface area contributed by atoms with Gasteiger partial charge in [-0.1, -0.05) is 66.7 Å². The summed E-state index contributed by atoms with van der Waals surface area (Å²) in [6.07, 6.45) is 0. The Morgan fingerprint density at radius 3 is 2.12 bits per heavy atom. The fraction of sp³-hybridized carbons (Fsp3) is 0.192. The zero-order valence-corrected chi connectivity index (χ0v) is 19.3. The molecule has 5 nitrogen and oxygen atoms in total. The van der Waals surface area contributed by atoms with E-state index in [1.807, 2.05) is 50.2 Å². The zero-order valence-electron chi connectivity index (χ0n) is 18.4. The predicted molar refractivity (Wildman–Crippen MR) is 129 cm³/mol. The van der Waals surface area contributed by atoms with Crippen molar-refractivity contribution in [1.82, 2.24) is 4.90 Å². The summed E-state index contributed by atoms with van der Waals surface area (Å²) >= 11 is 0. The first-order valence-corrected chi connectivity index (χ1v) is 11.9. The molecule has 3 aromatic rings. The van der Waals surface area contributed by atoms with Gasteiger partial charge in [0.2, 0.25) is 0 Å². The summed E-state index contributed by atoms with van der Waals surface area (Å²) in [7, 11) is -3.92. The molecule has 0 fully saturated rings. The van der Waals surface area contributed by atoms with Crippen molar-refractivity contribution in [3.05, 3.63) is 108 Å². The second kappa shape index (κ2) is 10.3. The van der Waals surface area contributed by atoms with E-state index in [4.69, 9.17) is 0 Å². The fourth-order valence-electron chi connectivity index (χ4n) is 3.41. The molecule has 0 aliphatic heterocycles. The van der Waals surface area contributed by atoms with E-state index in [9.17, 15) is 13.2 Å². The number of hydrogen-bond acceptors (Lipinski definition) is 3. The van der Waals surface area contributed by atoms with Crippen LogP contribution in [0.3, 0.4) is 0 Å². The van der Waals surface area contributed by atoms with Gasteiger partial charge in [-0.05, 0) is 49.7 Å². The summed E-state index contributed by atoms with van der Waals surface area (Å²) in [5, 5.41) is 0. The first-order valence-electron chi connectivity index (χ1n) is 10.5. The molecule has 166 valence electrons. The maximum Gasteiger partial charge on any atom is 0.264 e. The molecule has 0 atom stereocenters. The average molecular weight is 449 g/mol. The fourth-order valence-corrected chi connectivity index (χ4v) is 4.91. The van der Waals surface area contributed by atoms with Crippen LogP contribution in [0, 0.1) is 0 Å². The molecule has 1 amide bonds. The van der Waals surface area contributed by atoms with Crippen molar-refractivity contribution in [2.45, 2.75) is 25.3 Å². The minimum atomic E-state index is -3.92. The van der Waals surface area contributed by atoms with E-state index >= 15 is 0 Å². The molecule has 0 bridgehead atoms. The van der Waals surface area contributed by atoms with Crippen LogP contribution in [-0.4, -0.2) is 32.3 Å². The van der Waals surface area contributed by atoms with Crippen LogP contribution >= 0.6 is 0 Å².